The minimum Gasteiger partial charge on any atom is -0.489 e. The van der Waals surface area contributed by atoms with Gasteiger partial charge in [0.2, 0.25) is 5.91 Å². The number of carbonyl (C=O) groups excluding carboxylic acids is 1. The SMILES string of the molecule is N#CN[C@H]1C[C@H](C(=O)Nc2nc3cccc(OC4CCC4)c3s2)C1. The van der Waals surface area contributed by atoms with Crippen LogP contribution in [0, 0.1) is 17.4 Å². The molecule has 0 saturated heterocycles. The zero-order valence-corrected chi connectivity index (χ0v) is 13.9. The van der Waals surface area contributed by atoms with Crippen LogP contribution in [-0.4, -0.2) is 23.0 Å². The molecule has 124 valence electrons. The molecule has 2 aromatic rings. The molecule has 1 aromatic heterocycles. The van der Waals surface area contributed by atoms with Crippen LogP contribution in [0.15, 0.2) is 18.2 Å². The third-order valence-electron chi connectivity index (χ3n) is 4.73. The van der Waals surface area contributed by atoms with E-state index in [0.717, 1.165) is 28.8 Å². The van der Waals surface area contributed by atoms with E-state index in [1.165, 1.54) is 17.8 Å². The van der Waals surface area contributed by atoms with Crippen LogP contribution in [0.5, 0.6) is 5.75 Å². The third kappa shape index (κ3) is 2.89. The highest BCUT2D eigenvalue weighted by molar-refractivity contribution is 7.22. The maximum atomic E-state index is 12.3. The maximum absolute atomic E-state index is 12.3. The molecule has 1 amide bonds. The van der Waals surface area contributed by atoms with E-state index in [4.69, 9.17) is 10.00 Å². The first-order valence-electron chi connectivity index (χ1n) is 8.24. The number of benzene rings is 1. The fourth-order valence-electron chi connectivity index (χ4n) is 2.99. The minimum absolute atomic E-state index is 0.0218. The summed E-state index contributed by atoms with van der Waals surface area (Å²) in [5.74, 6) is 0.789. The van der Waals surface area contributed by atoms with Gasteiger partial charge >= 0.3 is 0 Å². The Labute approximate surface area is 143 Å². The van der Waals surface area contributed by atoms with Gasteiger partial charge in [0.1, 0.15) is 5.75 Å². The van der Waals surface area contributed by atoms with Crippen LogP contribution in [0.25, 0.3) is 10.2 Å². The number of rotatable bonds is 5. The summed E-state index contributed by atoms with van der Waals surface area (Å²) in [6.07, 6.45) is 7.08. The van der Waals surface area contributed by atoms with Crippen molar-refractivity contribution < 1.29 is 9.53 Å². The number of ether oxygens (including phenoxy) is 1. The number of hydrogen-bond acceptors (Lipinski definition) is 6. The number of aromatic nitrogens is 1. The van der Waals surface area contributed by atoms with Crippen molar-refractivity contribution in [3.63, 3.8) is 0 Å². The number of nitriles is 1. The molecule has 2 aliphatic carbocycles. The first-order chi connectivity index (χ1) is 11.7. The van der Waals surface area contributed by atoms with Crippen LogP contribution in [0.1, 0.15) is 32.1 Å². The van der Waals surface area contributed by atoms with Crippen molar-refractivity contribution in [2.24, 2.45) is 5.92 Å². The first-order valence-corrected chi connectivity index (χ1v) is 9.06. The second kappa shape index (κ2) is 6.29. The van der Waals surface area contributed by atoms with E-state index in [0.29, 0.717) is 24.1 Å². The molecule has 2 fully saturated rings. The average Bonchev–Trinajstić information content (AvgIpc) is 2.89. The zero-order valence-electron chi connectivity index (χ0n) is 13.1. The third-order valence-corrected chi connectivity index (χ3v) is 5.73. The lowest BCUT2D eigenvalue weighted by atomic mass is 9.80. The highest BCUT2D eigenvalue weighted by atomic mass is 32.1. The summed E-state index contributed by atoms with van der Waals surface area (Å²) in [4.78, 5) is 16.8. The predicted molar refractivity (Wildman–Crippen MR) is 91.8 cm³/mol. The molecule has 2 saturated carbocycles. The van der Waals surface area contributed by atoms with Gasteiger partial charge in [0.05, 0.1) is 16.3 Å². The minimum atomic E-state index is -0.0476. The highest BCUT2D eigenvalue weighted by Crippen LogP contribution is 2.37. The molecular weight excluding hydrogens is 324 g/mol. The number of anilines is 1. The molecule has 24 heavy (non-hydrogen) atoms. The number of hydrogen-bond donors (Lipinski definition) is 2. The van der Waals surface area contributed by atoms with Gasteiger partial charge in [0.25, 0.3) is 0 Å². The fraction of sp³-hybridized carbons (Fsp3) is 0.471. The molecule has 7 heteroatoms. The number of nitrogens with one attached hydrogen (secondary N) is 2. The Morgan fingerprint density at radius 2 is 2.21 bits per heavy atom. The summed E-state index contributed by atoms with van der Waals surface area (Å²) < 4.78 is 7.01. The second-order valence-electron chi connectivity index (χ2n) is 6.40. The van der Waals surface area contributed by atoms with E-state index in [-0.39, 0.29) is 17.9 Å². The lowest BCUT2D eigenvalue weighted by Crippen LogP contribution is -2.44. The Morgan fingerprint density at radius 3 is 2.92 bits per heavy atom. The first kappa shape index (κ1) is 15.2. The molecule has 0 radical (unpaired) electrons. The maximum Gasteiger partial charge on any atom is 0.229 e. The van der Waals surface area contributed by atoms with Gasteiger partial charge < -0.3 is 15.4 Å². The van der Waals surface area contributed by atoms with Crippen LogP contribution in [-0.2, 0) is 4.79 Å². The molecular formula is C17H18N4O2S. The zero-order chi connectivity index (χ0) is 16.5. The molecule has 2 N–H and O–H groups in total. The van der Waals surface area contributed by atoms with Gasteiger partial charge in [-0.3, -0.25) is 4.79 Å². The smallest absolute Gasteiger partial charge is 0.229 e. The van der Waals surface area contributed by atoms with E-state index >= 15 is 0 Å². The number of amides is 1. The monoisotopic (exact) mass is 342 g/mol. The van der Waals surface area contributed by atoms with Crippen molar-refractivity contribution in [1.82, 2.24) is 10.3 Å². The van der Waals surface area contributed by atoms with Crippen LogP contribution in [0.4, 0.5) is 5.13 Å². The molecule has 0 bridgehead atoms. The summed E-state index contributed by atoms with van der Waals surface area (Å²) in [5, 5.41) is 14.8. The predicted octanol–water partition coefficient (Wildman–Crippen LogP) is 3.02. The van der Waals surface area contributed by atoms with Gasteiger partial charge in [-0.25, -0.2) is 4.98 Å². The van der Waals surface area contributed by atoms with Gasteiger partial charge in [0, 0.05) is 12.0 Å². The van der Waals surface area contributed by atoms with E-state index in [1.807, 2.05) is 24.4 Å². The summed E-state index contributed by atoms with van der Waals surface area (Å²) in [6, 6.07) is 5.97. The number of nitrogens with zero attached hydrogens (tertiary/aromatic N) is 2. The fourth-order valence-corrected chi connectivity index (χ4v) is 3.91. The highest BCUT2D eigenvalue weighted by Gasteiger charge is 2.34. The molecule has 2 aliphatic rings. The average molecular weight is 342 g/mol. The molecule has 0 atom stereocenters. The number of carbonyl (C=O) groups is 1. The Morgan fingerprint density at radius 1 is 1.38 bits per heavy atom. The molecule has 4 rings (SSSR count). The van der Waals surface area contributed by atoms with E-state index < -0.39 is 0 Å². The molecule has 6 nitrogen and oxygen atoms in total. The van der Waals surface area contributed by atoms with E-state index in [1.54, 1.807) is 0 Å². The second-order valence-corrected chi connectivity index (χ2v) is 7.40. The van der Waals surface area contributed by atoms with E-state index in [2.05, 4.69) is 15.6 Å². The van der Waals surface area contributed by atoms with Crippen LogP contribution >= 0.6 is 11.3 Å². The van der Waals surface area contributed by atoms with E-state index in [9.17, 15) is 4.79 Å². The lowest BCUT2D eigenvalue weighted by molar-refractivity contribution is -0.122. The normalized spacial score (nSPS) is 23.0. The van der Waals surface area contributed by atoms with Crippen molar-refractivity contribution in [2.45, 2.75) is 44.2 Å². The topological polar surface area (TPSA) is 87.0 Å². The van der Waals surface area contributed by atoms with Gasteiger partial charge in [-0.2, -0.15) is 5.26 Å². The summed E-state index contributed by atoms with van der Waals surface area (Å²) in [7, 11) is 0. The van der Waals surface area contributed by atoms with Crippen molar-refractivity contribution in [3.05, 3.63) is 18.2 Å². The quantitative estimate of drug-likeness (QED) is 0.644. The lowest BCUT2D eigenvalue weighted by Gasteiger charge is -2.32. The Kier molecular flexibility index (Phi) is 3.98. The van der Waals surface area contributed by atoms with Gasteiger partial charge in [-0.1, -0.05) is 17.4 Å². The van der Waals surface area contributed by atoms with Crippen molar-refractivity contribution >= 4 is 32.6 Å². The Bertz CT molecular complexity index is 803. The van der Waals surface area contributed by atoms with Crippen LogP contribution in [0.3, 0.4) is 0 Å². The standard InChI is InChI=1S/C17H18N4O2S/c18-9-19-11-7-10(8-11)16(22)21-17-20-13-5-2-6-14(15(13)24-17)23-12-3-1-4-12/h2,5-6,10-12,19H,1,3-4,7-8H2,(H,20,21,22)/t10-,11-. The number of thiazole rings is 1. The number of fused-ring (bicyclic) bond motifs is 1. The van der Waals surface area contributed by atoms with Crippen LogP contribution < -0.4 is 15.4 Å². The Hall–Kier alpha value is -2.33. The van der Waals surface area contributed by atoms with Crippen molar-refractivity contribution in [3.8, 4) is 11.9 Å². The summed E-state index contributed by atoms with van der Waals surface area (Å²) in [5.41, 5.74) is 0.852. The van der Waals surface area contributed by atoms with Crippen molar-refractivity contribution in [1.29, 1.82) is 5.26 Å². The molecule has 1 heterocycles. The van der Waals surface area contributed by atoms with Crippen molar-refractivity contribution in [2.75, 3.05) is 5.32 Å². The summed E-state index contributed by atoms with van der Waals surface area (Å²) >= 11 is 1.46. The Balaban J connectivity index is 1.44. The molecule has 1 aromatic carbocycles. The van der Waals surface area contributed by atoms with Gasteiger partial charge in [0.15, 0.2) is 11.3 Å². The molecule has 0 spiro atoms. The van der Waals surface area contributed by atoms with Crippen LogP contribution in [0.2, 0.25) is 0 Å². The largest absolute Gasteiger partial charge is 0.489 e. The summed E-state index contributed by atoms with van der Waals surface area (Å²) in [6.45, 7) is 0. The van der Waals surface area contributed by atoms with Gasteiger partial charge in [-0.05, 0) is 44.2 Å². The van der Waals surface area contributed by atoms with Gasteiger partial charge in [-0.15, -0.1) is 0 Å². The molecule has 0 unspecified atom stereocenters. The molecule has 0 aliphatic heterocycles.